The number of ether oxygens (including phenoxy) is 1. The number of methoxy groups -OCH3 is 1. The summed E-state index contributed by atoms with van der Waals surface area (Å²) in [6.07, 6.45) is 3.32. The average molecular weight is 238 g/mol. The lowest BCUT2D eigenvalue weighted by atomic mass is 10.2. The Balaban J connectivity index is 2.31. The second-order valence-electron chi connectivity index (χ2n) is 3.06. The number of nitrogens with one attached hydrogen (secondary N) is 1. The lowest BCUT2D eigenvalue weighted by Crippen LogP contribution is -2.21. The zero-order valence-electron chi connectivity index (χ0n) is 8.80. The highest BCUT2D eigenvalue weighted by molar-refractivity contribution is 7.96. The summed E-state index contributed by atoms with van der Waals surface area (Å²) in [5.41, 5.74) is 1.90. The number of hydrogen-bond acceptors (Lipinski definition) is 6. The molecule has 0 fully saturated rings. The third kappa shape index (κ3) is 1.94. The predicted molar refractivity (Wildman–Crippen MR) is 60.6 cm³/mol. The number of carbonyl (C=O) groups is 1. The van der Waals surface area contributed by atoms with Gasteiger partial charge in [0.2, 0.25) is 0 Å². The summed E-state index contributed by atoms with van der Waals surface area (Å²) in [6, 6.07) is 1.83. The molecule has 0 aromatic carbocycles. The van der Waals surface area contributed by atoms with Crippen molar-refractivity contribution in [2.45, 2.75) is 0 Å². The minimum absolute atomic E-state index is 0.374. The number of nitrogens with zero attached hydrogens (tertiary/aromatic N) is 3. The van der Waals surface area contributed by atoms with Gasteiger partial charge in [-0.25, -0.2) is 4.79 Å². The van der Waals surface area contributed by atoms with Gasteiger partial charge in [-0.15, -0.1) is 0 Å². The Kier molecular flexibility index (Phi) is 2.95. The summed E-state index contributed by atoms with van der Waals surface area (Å²) >= 11 is 1.09. The molecular weight excluding hydrogens is 228 g/mol. The maximum absolute atomic E-state index is 11.3. The van der Waals surface area contributed by atoms with Crippen LogP contribution in [0.3, 0.4) is 0 Å². The van der Waals surface area contributed by atoms with Gasteiger partial charge in [-0.3, -0.25) is 4.68 Å². The monoisotopic (exact) mass is 238 g/mol. The quantitative estimate of drug-likeness (QED) is 0.598. The third-order valence-electron chi connectivity index (χ3n) is 2.07. The molecule has 0 bridgehead atoms. The number of carbonyl (C=O) groups excluding carboxylic acids is 1. The maximum Gasteiger partial charge on any atom is 0.355 e. The van der Waals surface area contributed by atoms with E-state index < -0.39 is 5.97 Å². The number of aryl methyl sites for hydroxylation is 1. The first-order chi connectivity index (χ1) is 7.72. The van der Waals surface area contributed by atoms with Gasteiger partial charge in [0.15, 0.2) is 0 Å². The minimum atomic E-state index is -0.415. The Morgan fingerprint density at radius 3 is 3.06 bits per heavy atom. The summed E-state index contributed by atoms with van der Waals surface area (Å²) in [5.74, 6) is -0.415. The topological polar surface area (TPSA) is 68.5 Å². The third-order valence-corrected chi connectivity index (χ3v) is 2.67. The highest BCUT2D eigenvalue weighted by Gasteiger charge is 2.17. The first-order valence-electron chi connectivity index (χ1n) is 4.51. The SMILES string of the molecule is COC(=O)C1=CC(c2ccnn2C)=NSN1. The Labute approximate surface area is 96.6 Å². The van der Waals surface area contributed by atoms with Crippen LogP contribution < -0.4 is 4.72 Å². The number of aromatic nitrogens is 2. The van der Waals surface area contributed by atoms with Crippen LogP contribution in [0.5, 0.6) is 0 Å². The molecule has 2 rings (SSSR count). The molecule has 0 amide bonds. The molecule has 6 nitrogen and oxygen atoms in total. The molecule has 1 aliphatic rings. The summed E-state index contributed by atoms with van der Waals surface area (Å²) in [7, 11) is 3.15. The molecule has 0 saturated carbocycles. The zero-order valence-corrected chi connectivity index (χ0v) is 9.61. The highest BCUT2D eigenvalue weighted by atomic mass is 32.2. The molecule has 16 heavy (non-hydrogen) atoms. The van der Waals surface area contributed by atoms with Gasteiger partial charge in [-0.05, 0) is 12.1 Å². The van der Waals surface area contributed by atoms with Crippen LogP contribution in [0.15, 0.2) is 28.4 Å². The predicted octanol–water partition coefficient (Wildman–Crippen LogP) is 0.432. The average Bonchev–Trinajstić information content (AvgIpc) is 2.74. The van der Waals surface area contributed by atoms with Crippen LogP contribution in [0.2, 0.25) is 0 Å². The van der Waals surface area contributed by atoms with E-state index in [2.05, 4.69) is 19.0 Å². The van der Waals surface area contributed by atoms with Gasteiger partial charge in [0.05, 0.1) is 24.9 Å². The van der Waals surface area contributed by atoms with Crippen LogP contribution in [0.4, 0.5) is 0 Å². The van der Waals surface area contributed by atoms with E-state index in [0.29, 0.717) is 11.4 Å². The van der Waals surface area contributed by atoms with Crippen molar-refractivity contribution in [2.24, 2.45) is 11.4 Å². The molecule has 0 atom stereocenters. The van der Waals surface area contributed by atoms with Crippen molar-refractivity contribution < 1.29 is 9.53 Å². The number of hydrogen-bond donors (Lipinski definition) is 1. The van der Waals surface area contributed by atoms with Crippen molar-refractivity contribution in [1.82, 2.24) is 14.5 Å². The molecular formula is C9H10N4O2S. The number of esters is 1. The van der Waals surface area contributed by atoms with Crippen LogP contribution in [0.1, 0.15) is 5.69 Å². The van der Waals surface area contributed by atoms with Gasteiger partial charge >= 0.3 is 5.97 Å². The molecule has 0 spiro atoms. The molecule has 0 radical (unpaired) electrons. The number of rotatable bonds is 2. The minimum Gasteiger partial charge on any atom is -0.464 e. The molecule has 0 unspecified atom stereocenters. The van der Waals surface area contributed by atoms with Crippen LogP contribution in [0.25, 0.3) is 0 Å². The van der Waals surface area contributed by atoms with Gasteiger partial charge in [0.25, 0.3) is 0 Å². The van der Waals surface area contributed by atoms with E-state index in [1.165, 1.54) is 7.11 Å². The molecule has 1 aromatic heterocycles. The maximum atomic E-state index is 11.3. The summed E-state index contributed by atoms with van der Waals surface area (Å²) in [4.78, 5) is 11.3. The van der Waals surface area contributed by atoms with Crippen molar-refractivity contribution in [3.8, 4) is 0 Å². The van der Waals surface area contributed by atoms with Crippen molar-refractivity contribution in [3.63, 3.8) is 0 Å². The Morgan fingerprint density at radius 2 is 2.44 bits per heavy atom. The molecule has 1 aromatic rings. The first-order valence-corrected chi connectivity index (χ1v) is 5.28. The van der Waals surface area contributed by atoms with E-state index in [0.717, 1.165) is 17.8 Å². The standard InChI is InChI=1S/C9H10N4O2S/c1-13-8(3-4-10-13)6-5-7(9(14)15-2)12-16-11-6/h3-5,12H,1-2H3. The molecule has 7 heteroatoms. The fourth-order valence-corrected chi connectivity index (χ4v) is 1.80. The van der Waals surface area contributed by atoms with Gasteiger partial charge in [0, 0.05) is 13.2 Å². The normalized spacial score (nSPS) is 14.9. The summed E-state index contributed by atoms with van der Waals surface area (Å²) in [5, 5.41) is 4.04. The van der Waals surface area contributed by atoms with E-state index in [-0.39, 0.29) is 0 Å². The van der Waals surface area contributed by atoms with Crippen molar-refractivity contribution in [1.29, 1.82) is 0 Å². The van der Waals surface area contributed by atoms with Crippen LogP contribution in [-0.4, -0.2) is 28.6 Å². The second-order valence-corrected chi connectivity index (χ2v) is 3.63. The van der Waals surface area contributed by atoms with E-state index in [9.17, 15) is 4.79 Å². The first kappa shape index (κ1) is 10.7. The summed E-state index contributed by atoms with van der Waals surface area (Å²) in [6.45, 7) is 0. The van der Waals surface area contributed by atoms with E-state index in [1.807, 2.05) is 13.1 Å². The van der Waals surface area contributed by atoms with Crippen LogP contribution in [-0.2, 0) is 16.6 Å². The van der Waals surface area contributed by atoms with Gasteiger partial charge in [-0.2, -0.15) is 9.50 Å². The van der Waals surface area contributed by atoms with E-state index in [4.69, 9.17) is 0 Å². The lowest BCUT2D eigenvalue weighted by molar-refractivity contribution is -0.136. The highest BCUT2D eigenvalue weighted by Crippen LogP contribution is 2.15. The fourth-order valence-electron chi connectivity index (χ4n) is 1.27. The Bertz CT molecular complexity index is 478. The molecule has 84 valence electrons. The molecule has 1 N–H and O–H groups in total. The van der Waals surface area contributed by atoms with Crippen molar-refractivity contribution in [3.05, 3.63) is 29.7 Å². The van der Waals surface area contributed by atoms with Crippen LogP contribution in [0, 0.1) is 0 Å². The largest absolute Gasteiger partial charge is 0.464 e. The van der Waals surface area contributed by atoms with Gasteiger partial charge in [0.1, 0.15) is 11.4 Å². The van der Waals surface area contributed by atoms with Crippen molar-refractivity contribution in [2.75, 3.05) is 7.11 Å². The molecule has 0 aliphatic carbocycles. The number of allylic oxidation sites excluding steroid dienone is 1. The smallest absolute Gasteiger partial charge is 0.355 e. The lowest BCUT2D eigenvalue weighted by Gasteiger charge is -2.12. The van der Waals surface area contributed by atoms with Crippen molar-refractivity contribution >= 4 is 23.8 Å². The van der Waals surface area contributed by atoms with E-state index >= 15 is 0 Å². The van der Waals surface area contributed by atoms with Gasteiger partial charge < -0.3 is 9.46 Å². The summed E-state index contributed by atoms with van der Waals surface area (Å²) < 4.78 is 13.3. The van der Waals surface area contributed by atoms with E-state index in [1.54, 1.807) is 17.0 Å². The zero-order chi connectivity index (χ0) is 11.5. The molecule has 0 saturated heterocycles. The fraction of sp³-hybridized carbons (Fsp3) is 0.222. The Hall–Kier alpha value is -1.76. The molecule has 1 aliphatic heterocycles. The van der Waals surface area contributed by atoms with Crippen LogP contribution >= 0.6 is 12.1 Å². The Morgan fingerprint density at radius 1 is 1.62 bits per heavy atom. The molecule has 2 heterocycles. The second kappa shape index (κ2) is 4.40. The van der Waals surface area contributed by atoms with Gasteiger partial charge in [-0.1, -0.05) is 0 Å².